The molecule has 0 bridgehead atoms. The molecule has 0 saturated carbocycles. The number of thiazole rings is 1. The molecule has 33 heavy (non-hydrogen) atoms. The first-order valence-electron chi connectivity index (χ1n) is 9.30. The molecule has 0 atom stereocenters. The summed E-state index contributed by atoms with van der Waals surface area (Å²) in [5.41, 5.74) is -1.08. The molecule has 1 aromatic carbocycles. The number of halogens is 9. The largest absolute Gasteiger partial charge is 0.434 e. The SMILES string of the molecule is Fc1cccc(CN(Cc2sc(NC/C=C\C(Cl)=C/CCl)nc2C(F)(F)F)CC(F)(F)F)c1. The second-order valence-electron chi connectivity index (χ2n) is 6.71. The summed E-state index contributed by atoms with van der Waals surface area (Å²) < 4.78 is 93.1. The van der Waals surface area contributed by atoms with Crippen LogP contribution in [0.15, 0.2) is 47.5 Å². The lowest BCUT2D eigenvalue weighted by Crippen LogP contribution is -2.33. The fourth-order valence-electron chi connectivity index (χ4n) is 2.73. The van der Waals surface area contributed by atoms with Crippen molar-refractivity contribution in [1.82, 2.24) is 9.88 Å². The first-order valence-corrected chi connectivity index (χ1v) is 11.0. The van der Waals surface area contributed by atoms with E-state index in [0.717, 1.165) is 17.0 Å². The second kappa shape index (κ2) is 12.0. The standard InChI is InChI=1S/C20H18Cl2F7N3S/c21-7-6-14(22)4-2-8-30-18-31-17(20(27,28)29)16(33-18)11-32(12-19(24,25)26)10-13-3-1-5-15(23)9-13/h1-6,9H,7-8,10-12H2,(H,30,31)/b4-2-,14-6+. The zero-order valence-corrected chi connectivity index (χ0v) is 19.1. The van der Waals surface area contributed by atoms with Crippen LogP contribution < -0.4 is 5.32 Å². The minimum Gasteiger partial charge on any atom is -0.358 e. The van der Waals surface area contributed by atoms with Crippen LogP contribution in [-0.4, -0.2) is 35.0 Å². The first kappa shape index (κ1) is 27.4. The van der Waals surface area contributed by atoms with Crippen LogP contribution in [0.1, 0.15) is 16.1 Å². The van der Waals surface area contributed by atoms with Gasteiger partial charge in [-0.15, -0.1) is 22.9 Å². The highest BCUT2D eigenvalue weighted by Gasteiger charge is 2.39. The summed E-state index contributed by atoms with van der Waals surface area (Å²) in [7, 11) is 0. The Morgan fingerprint density at radius 3 is 2.48 bits per heavy atom. The molecule has 1 aromatic heterocycles. The summed E-state index contributed by atoms with van der Waals surface area (Å²) in [5, 5.41) is 2.89. The predicted molar refractivity (Wildman–Crippen MR) is 116 cm³/mol. The molecule has 0 unspecified atom stereocenters. The second-order valence-corrected chi connectivity index (χ2v) is 8.53. The summed E-state index contributed by atoms with van der Waals surface area (Å²) in [6.07, 6.45) is -5.01. The summed E-state index contributed by atoms with van der Waals surface area (Å²) >= 11 is 11.9. The molecule has 0 aliphatic carbocycles. The van der Waals surface area contributed by atoms with Gasteiger partial charge in [-0.1, -0.05) is 35.9 Å². The van der Waals surface area contributed by atoms with Crippen LogP contribution >= 0.6 is 34.5 Å². The molecule has 0 spiro atoms. The van der Waals surface area contributed by atoms with Crippen molar-refractivity contribution in [3.8, 4) is 0 Å². The smallest absolute Gasteiger partial charge is 0.358 e. The maximum Gasteiger partial charge on any atom is 0.434 e. The monoisotopic (exact) mass is 535 g/mol. The lowest BCUT2D eigenvalue weighted by molar-refractivity contribution is -0.149. The van der Waals surface area contributed by atoms with Crippen LogP contribution in [0.25, 0.3) is 0 Å². The average molecular weight is 536 g/mol. The van der Waals surface area contributed by atoms with Gasteiger partial charge in [0.2, 0.25) is 0 Å². The van der Waals surface area contributed by atoms with Crippen LogP contribution in [0.4, 0.5) is 35.9 Å². The Labute approximate surface area is 199 Å². The van der Waals surface area contributed by atoms with E-state index < -0.39 is 48.4 Å². The van der Waals surface area contributed by atoms with Crippen molar-refractivity contribution < 1.29 is 30.7 Å². The maximum atomic E-state index is 13.5. The van der Waals surface area contributed by atoms with E-state index in [9.17, 15) is 30.7 Å². The number of allylic oxidation sites excluding steroid dienone is 3. The van der Waals surface area contributed by atoms with Crippen LogP contribution in [0.3, 0.4) is 0 Å². The summed E-state index contributed by atoms with van der Waals surface area (Å²) in [5.74, 6) is -0.473. The van der Waals surface area contributed by atoms with Gasteiger partial charge in [0, 0.05) is 30.5 Å². The molecule has 0 aliphatic rings. The third kappa shape index (κ3) is 9.91. The number of hydrogen-bond donors (Lipinski definition) is 1. The molecule has 0 aliphatic heterocycles. The van der Waals surface area contributed by atoms with Gasteiger partial charge in [-0.05, 0) is 23.8 Å². The molecule has 1 heterocycles. The van der Waals surface area contributed by atoms with Crippen molar-refractivity contribution in [2.45, 2.75) is 25.4 Å². The molecule has 1 N–H and O–H groups in total. The van der Waals surface area contributed by atoms with Gasteiger partial charge in [0.25, 0.3) is 0 Å². The van der Waals surface area contributed by atoms with Crippen molar-refractivity contribution in [3.05, 3.63) is 69.5 Å². The number of rotatable bonds is 10. The van der Waals surface area contributed by atoms with Gasteiger partial charge >= 0.3 is 12.4 Å². The number of alkyl halides is 7. The Balaban J connectivity index is 2.23. The predicted octanol–water partition coefficient (Wildman–Crippen LogP) is 7.20. The van der Waals surface area contributed by atoms with Gasteiger partial charge in [0.05, 0.1) is 11.4 Å². The van der Waals surface area contributed by atoms with Gasteiger partial charge in [0.1, 0.15) is 5.82 Å². The normalized spacial score (nSPS) is 13.3. The fraction of sp³-hybridized carbons (Fsp3) is 0.350. The number of nitrogens with zero attached hydrogens (tertiary/aromatic N) is 2. The molecule has 0 fully saturated rings. The fourth-order valence-corrected chi connectivity index (χ4v) is 4.18. The topological polar surface area (TPSA) is 28.2 Å². The molecule has 2 rings (SSSR count). The summed E-state index contributed by atoms with van der Waals surface area (Å²) in [4.78, 5) is 3.89. The third-order valence-corrected chi connectivity index (χ3v) is 5.38. The molecule has 0 saturated heterocycles. The zero-order chi connectivity index (χ0) is 24.6. The van der Waals surface area contributed by atoms with E-state index in [1.807, 2.05) is 0 Å². The maximum absolute atomic E-state index is 13.5. The highest BCUT2D eigenvalue weighted by Crippen LogP contribution is 2.37. The van der Waals surface area contributed by atoms with Gasteiger partial charge in [-0.25, -0.2) is 9.37 Å². The van der Waals surface area contributed by atoms with Crippen molar-refractivity contribution >= 4 is 39.7 Å². The van der Waals surface area contributed by atoms with Gasteiger partial charge in [-0.2, -0.15) is 26.3 Å². The highest BCUT2D eigenvalue weighted by atomic mass is 35.5. The first-order chi connectivity index (χ1) is 15.4. The van der Waals surface area contributed by atoms with Crippen LogP contribution in [0.2, 0.25) is 0 Å². The lowest BCUT2D eigenvalue weighted by Gasteiger charge is -2.23. The Morgan fingerprint density at radius 2 is 1.88 bits per heavy atom. The van der Waals surface area contributed by atoms with Gasteiger partial charge < -0.3 is 5.32 Å². The van der Waals surface area contributed by atoms with E-state index in [1.54, 1.807) is 0 Å². The number of benzene rings is 1. The van der Waals surface area contributed by atoms with E-state index in [-0.39, 0.29) is 23.1 Å². The van der Waals surface area contributed by atoms with E-state index >= 15 is 0 Å². The molecule has 182 valence electrons. The van der Waals surface area contributed by atoms with Crippen molar-refractivity contribution in [2.24, 2.45) is 0 Å². The van der Waals surface area contributed by atoms with E-state index in [2.05, 4.69) is 10.3 Å². The Hall–Kier alpha value is -1.82. The van der Waals surface area contributed by atoms with Gasteiger partial charge in [-0.3, -0.25) is 4.90 Å². The quantitative estimate of drug-likeness (QED) is 0.198. The van der Waals surface area contributed by atoms with Crippen molar-refractivity contribution in [1.29, 1.82) is 0 Å². The highest BCUT2D eigenvalue weighted by molar-refractivity contribution is 7.15. The number of anilines is 1. The number of aromatic nitrogens is 1. The molecule has 0 amide bonds. The number of nitrogens with one attached hydrogen (secondary N) is 1. The molecule has 2 aromatic rings. The minimum absolute atomic E-state index is 0.0755. The molecular weight excluding hydrogens is 518 g/mol. The van der Waals surface area contributed by atoms with Crippen molar-refractivity contribution in [2.75, 3.05) is 24.3 Å². The Bertz CT molecular complexity index is 971. The Morgan fingerprint density at radius 1 is 1.15 bits per heavy atom. The van der Waals surface area contributed by atoms with Gasteiger partial charge in [0.15, 0.2) is 10.8 Å². The minimum atomic E-state index is -4.86. The average Bonchev–Trinajstić information content (AvgIpc) is 3.07. The van der Waals surface area contributed by atoms with E-state index in [1.165, 1.54) is 30.4 Å². The molecule has 3 nitrogen and oxygen atoms in total. The molecule has 13 heteroatoms. The van der Waals surface area contributed by atoms with Crippen LogP contribution in [-0.2, 0) is 19.3 Å². The van der Waals surface area contributed by atoms with Crippen LogP contribution in [0.5, 0.6) is 0 Å². The molecular formula is C20H18Cl2F7N3S. The zero-order valence-electron chi connectivity index (χ0n) is 16.8. The van der Waals surface area contributed by atoms with E-state index in [0.29, 0.717) is 16.4 Å². The Kier molecular flexibility index (Phi) is 10.0. The summed E-state index contributed by atoms with van der Waals surface area (Å²) in [6.45, 7) is -2.48. The van der Waals surface area contributed by atoms with Crippen molar-refractivity contribution in [3.63, 3.8) is 0 Å². The third-order valence-electron chi connectivity index (χ3n) is 3.95. The lowest BCUT2D eigenvalue weighted by atomic mass is 10.2. The summed E-state index contributed by atoms with van der Waals surface area (Å²) in [6, 6.07) is 4.86. The number of hydrogen-bond acceptors (Lipinski definition) is 4. The van der Waals surface area contributed by atoms with E-state index in [4.69, 9.17) is 23.2 Å². The molecule has 0 radical (unpaired) electrons. The van der Waals surface area contributed by atoms with Crippen LogP contribution in [0, 0.1) is 5.82 Å².